The summed E-state index contributed by atoms with van der Waals surface area (Å²) in [5.74, 6) is 1.47. The molecule has 3 aromatic heterocycles. The van der Waals surface area contributed by atoms with Crippen LogP contribution in [0.15, 0.2) is 42.6 Å². The molecule has 3 heterocycles. The van der Waals surface area contributed by atoms with Crippen LogP contribution in [-0.2, 0) is 0 Å². The lowest BCUT2D eigenvalue weighted by Gasteiger charge is -2.06. The molecule has 0 radical (unpaired) electrons. The first-order valence-corrected chi connectivity index (χ1v) is 7.39. The molecule has 5 heteroatoms. The highest BCUT2D eigenvalue weighted by Gasteiger charge is 2.17. The number of hydrogen-bond acceptors (Lipinski definition) is 3. The highest BCUT2D eigenvalue weighted by molar-refractivity contribution is 6.36. The standard InChI is InChI=1S/C17H13ClN4/c1-10-7-8-14(19-9-10)22-13-6-4-3-5-12(13)15-16(18)20-11(2)21-17(15)22/h3-9H,1-2H3. The molecule has 22 heavy (non-hydrogen) atoms. The number of halogens is 1. The summed E-state index contributed by atoms with van der Waals surface area (Å²) < 4.78 is 2.03. The number of para-hydroxylation sites is 1. The Bertz CT molecular complexity index is 1000. The maximum absolute atomic E-state index is 6.38. The van der Waals surface area contributed by atoms with Crippen LogP contribution in [-0.4, -0.2) is 19.5 Å². The van der Waals surface area contributed by atoms with E-state index in [1.54, 1.807) is 0 Å². The van der Waals surface area contributed by atoms with Crippen molar-refractivity contribution in [1.82, 2.24) is 19.5 Å². The van der Waals surface area contributed by atoms with Gasteiger partial charge in [-0.1, -0.05) is 35.9 Å². The fraction of sp³-hybridized carbons (Fsp3) is 0.118. The van der Waals surface area contributed by atoms with Gasteiger partial charge in [0, 0.05) is 11.6 Å². The lowest BCUT2D eigenvalue weighted by atomic mass is 10.2. The van der Waals surface area contributed by atoms with Crippen LogP contribution in [0.3, 0.4) is 0 Å². The molecule has 0 amide bonds. The topological polar surface area (TPSA) is 43.6 Å². The van der Waals surface area contributed by atoms with E-state index in [-0.39, 0.29) is 0 Å². The molecule has 4 aromatic rings. The Hall–Kier alpha value is -2.46. The van der Waals surface area contributed by atoms with Crippen molar-refractivity contribution in [2.75, 3.05) is 0 Å². The minimum absolute atomic E-state index is 0.476. The highest BCUT2D eigenvalue weighted by Crippen LogP contribution is 2.33. The van der Waals surface area contributed by atoms with Gasteiger partial charge in [0.2, 0.25) is 0 Å². The third-order valence-electron chi connectivity index (χ3n) is 3.71. The van der Waals surface area contributed by atoms with E-state index in [9.17, 15) is 0 Å². The molecular weight excluding hydrogens is 296 g/mol. The lowest BCUT2D eigenvalue weighted by Crippen LogP contribution is -2.00. The Labute approximate surface area is 132 Å². The second-order valence-corrected chi connectivity index (χ2v) is 5.66. The Balaban J connectivity index is 2.21. The van der Waals surface area contributed by atoms with Gasteiger partial charge in [0.25, 0.3) is 0 Å². The summed E-state index contributed by atoms with van der Waals surface area (Å²) in [5, 5.41) is 2.37. The predicted molar refractivity (Wildman–Crippen MR) is 88.7 cm³/mol. The van der Waals surface area contributed by atoms with Crippen LogP contribution in [0.4, 0.5) is 0 Å². The van der Waals surface area contributed by atoms with Crippen LogP contribution in [0.5, 0.6) is 0 Å². The van der Waals surface area contributed by atoms with E-state index in [0.29, 0.717) is 11.0 Å². The number of pyridine rings is 1. The Morgan fingerprint density at radius 2 is 1.82 bits per heavy atom. The van der Waals surface area contributed by atoms with Gasteiger partial charge >= 0.3 is 0 Å². The summed E-state index contributed by atoms with van der Waals surface area (Å²) in [5.41, 5.74) is 2.93. The minimum Gasteiger partial charge on any atom is -0.278 e. The van der Waals surface area contributed by atoms with Crippen molar-refractivity contribution in [3.63, 3.8) is 0 Å². The number of hydrogen-bond donors (Lipinski definition) is 0. The van der Waals surface area contributed by atoms with Gasteiger partial charge in [-0.25, -0.2) is 15.0 Å². The fourth-order valence-corrected chi connectivity index (χ4v) is 3.04. The second-order valence-electron chi connectivity index (χ2n) is 5.31. The molecule has 0 aliphatic rings. The third kappa shape index (κ3) is 1.88. The molecule has 0 saturated carbocycles. The fourth-order valence-electron chi connectivity index (χ4n) is 2.74. The Kier molecular flexibility index (Phi) is 2.87. The van der Waals surface area contributed by atoms with Gasteiger partial charge in [0.05, 0.1) is 10.9 Å². The number of aromatic nitrogens is 4. The number of benzene rings is 1. The summed E-state index contributed by atoms with van der Waals surface area (Å²) in [6.07, 6.45) is 1.85. The molecule has 0 unspecified atom stereocenters. The lowest BCUT2D eigenvalue weighted by molar-refractivity contribution is 1.01. The van der Waals surface area contributed by atoms with Crippen molar-refractivity contribution in [3.8, 4) is 5.82 Å². The molecule has 0 bridgehead atoms. The van der Waals surface area contributed by atoms with Crippen molar-refractivity contribution >= 4 is 33.5 Å². The van der Waals surface area contributed by atoms with Crippen molar-refractivity contribution in [1.29, 1.82) is 0 Å². The number of aryl methyl sites for hydroxylation is 2. The van der Waals surface area contributed by atoms with Gasteiger partial charge in [-0.2, -0.15) is 0 Å². The Morgan fingerprint density at radius 1 is 1.00 bits per heavy atom. The quantitative estimate of drug-likeness (QED) is 0.494. The molecule has 4 rings (SSSR count). The second kappa shape index (κ2) is 4.78. The van der Waals surface area contributed by atoms with Gasteiger partial charge in [-0.05, 0) is 31.5 Å². The monoisotopic (exact) mass is 308 g/mol. The molecule has 0 fully saturated rings. The number of fused-ring (bicyclic) bond motifs is 3. The Morgan fingerprint density at radius 3 is 2.59 bits per heavy atom. The van der Waals surface area contributed by atoms with E-state index < -0.39 is 0 Å². The molecule has 0 aliphatic heterocycles. The molecule has 0 N–H and O–H groups in total. The molecule has 1 aromatic carbocycles. The smallest absolute Gasteiger partial charge is 0.152 e. The first-order valence-electron chi connectivity index (χ1n) is 7.01. The third-order valence-corrected chi connectivity index (χ3v) is 3.98. The van der Waals surface area contributed by atoms with E-state index in [1.165, 1.54) is 0 Å². The zero-order valence-corrected chi connectivity index (χ0v) is 13.0. The van der Waals surface area contributed by atoms with Gasteiger partial charge in [-0.3, -0.25) is 4.57 Å². The van der Waals surface area contributed by atoms with E-state index >= 15 is 0 Å². The molecule has 108 valence electrons. The molecule has 0 saturated heterocycles. The van der Waals surface area contributed by atoms with Crippen molar-refractivity contribution in [3.05, 3.63) is 59.1 Å². The first kappa shape index (κ1) is 13.2. The van der Waals surface area contributed by atoms with Crippen molar-refractivity contribution in [2.24, 2.45) is 0 Å². The van der Waals surface area contributed by atoms with Crippen molar-refractivity contribution in [2.45, 2.75) is 13.8 Å². The average molecular weight is 309 g/mol. The maximum atomic E-state index is 6.38. The van der Waals surface area contributed by atoms with Gasteiger partial charge < -0.3 is 0 Å². The summed E-state index contributed by atoms with van der Waals surface area (Å²) >= 11 is 6.38. The summed E-state index contributed by atoms with van der Waals surface area (Å²) in [7, 11) is 0. The maximum Gasteiger partial charge on any atom is 0.152 e. The number of rotatable bonds is 1. The van der Waals surface area contributed by atoms with E-state index in [0.717, 1.165) is 33.3 Å². The van der Waals surface area contributed by atoms with Crippen LogP contribution in [0, 0.1) is 13.8 Å². The summed E-state index contributed by atoms with van der Waals surface area (Å²) in [6, 6.07) is 12.1. The van der Waals surface area contributed by atoms with E-state index in [4.69, 9.17) is 11.6 Å². The normalized spacial score (nSPS) is 11.4. The molecule has 0 aliphatic carbocycles. The average Bonchev–Trinajstić information content (AvgIpc) is 2.82. The van der Waals surface area contributed by atoms with E-state index in [1.807, 2.05) is 61.0 Å². The first-order chi connectivity index (χ1) is 10.6. The molecular formula is C17H13ClN4. The summed E-state index contributed by atoms with van der Waals surface area (Å²) in [6.45, 7) is 3.86. The molecule has 4 nitrogen and oxygen atoms in total. The van der Waals surface area contributed by atoms with Crippen LogP contribution in [0.2, 0.25) is 5.15 Å². The molecule has 0 spiro atoms. The van der Waals surface area contributed by atoms with Crippen LogP contribution in [0.25, 0.3) is 27.8 Å². The summed E-state index contributed by atoms with van der Waals surface area (Å²) in [4.78, 5) is 13.4. The van der Waals surface area contributed by atoms with Gasteiger partial charge in [0.1, 0.15) is 16.8 Å². The van der Waals surface area contributed by atoms with Crippen molar-refractivity contribution < 1.29 is 0 Å². The molecule has 0 atom stereocenters. The largest absolute Gasteiger partial charge is 0.278 e. The van der Waals surface area contributed by atoms with Crippen LogP contribution < -0.4 is 0 Å². The SMILES string of the molecule is Cc1ccc(-n2c3ccccc3c3c(Cl)nc(C)nc32)nc1. The van der Waals surface area contributed by atoms with Gasteiger partial charge in [0.15, 0.2) is 5.65 Å². The predicted octanol–water partition coefficient (Wildman–Crippen LogP) is 4.24. The zero-order valence-electron chi connectivity index (χ0n) is 12.2. The highest BCUT2D eigenvalue weighted by atomic mass is 35.5. The zero-order chi connectivity index (χ0) is 15.3. The minimum atomic E-state index is 0.476. The van der Waals surface area contributed by atoms with Crippen LogP contribution >= 0.6 is 11.6 Å². The number of nitrogens with zero attached hydrogens (tertiary/aromatic N) is 4. The van der Waals surface area contributed by atoms with Crippen LogP contribution in [0.1, 0.15) is 11.4 Å². The van der Waals surface area contributed by atoms with E-state index in [2.05, 4.69) is 15.0 Å². The van der Waals surface area contributed by atoms with Gasteiger partial charge in [-0.15, -0.1) is 0 Å².